The number of benzene rings is 1. The highest BCUT2D eigenvalue weighted by Gasteiger charge is 2.41. The Morgan fingerprint density at radius 3 is 2.46 bits per heavy atom. The number of rotatable bonds is 5. The van der Waals surface area contributed by atoms with E-state index in [0.717, 1.165) is 22.9 Å². The van der Waals surface area contributed by atoms with Gasteiger partial charge < -0.3 is 16.0 Å². The lowest BCUT2D eigenvalue weighted by Gasteiger charge is -2.16. The number of aromatic nitrogens is 4. The van der Waals surface area contributed by atoms with Gasteiger partial charge in [0.25, 0.3) is 5.91 Å². The zero-order chi connectivity index (χ0) is 25.7. The number of nitrogens with zero attached hydrogens (tertiary/aromatic N) is 5. The molecule has 0 aliphatic carbocycles. The lowest BCUT2D eigenvalue weighted by atomic mass is 9.92. The maximum absolute atomic E-state index is 14.1. The van der Waals surface area contributed by atoms with Crippen molar-refractivity contribution in [3.63, 3.8) is 0 Å². The van der Waals surface area contributed by atoms with Crippen molar-refractivity contribution in [3.05, 3.63) is 64.2 Å². The minimum atomic E-state index is -5.05. The second kappa shape index (κ2) is 8.20. The molecule has 0 atom stereocenters. The van der Waals surface area contributed by atoms with Gasteiger partial charge in [-0.25, -0.2) is 9.37 Å². The average molecular weight is 487 g/mol. The molecule has 0 bridgehead atoms. The third kappa shape index (κ3) is 4.03. The predicted octanol–water partition coefficient (Wildman–Crippen LogP) is 2.67. The first-order valence-corrected chi connectivity index (χ1v) is 9.66. The molecule has 0 saturated carbocycles. The number of nitriles is 1. The molecule has 2 amide bonds. The summed E-state index contributed by atoms with van der Waals surface area (Å²) in [5.74, 6) is -3.23. The number of carbonyl (C=O) groups is 2. The van der Waals surface area contributed by atoms with Crippen molar-refractivity contribution >= 4 is 22.7 Å². The maximum Gasteiger partial charge on any atom is 0.435 e. The van der Waals surface area contributed by atoms with Gasteiger partial charge in [-0.15, -0.1) is 0 Å². The van der Waals surface area contributed by atoms with Gasteiger partial charge in [0.1, 0.15) is 24.1 Å². The Labute approximate surface area is 192 Å². The topological polar surface area (TPSA) is 167 Å². The first-order chi connectivity index (χ1) is 16.4. The summed E-state index contributed by atoms with van der Waals surface area (Å²) in [4.78, 5) is 28.7. The summed E-state index contributed by atoms with van der Waals surface area (Å²) in [6.07, 6.45) is -5.05. The molecule has 0 unspecified atom stereocenters. The number of fused-ring (bicyclic) bond motifs is 1. The van der Waals surface area contributed by atoms with Crippen LogP contribution in [0, 0.1) is 24.1 Å². The lowest BCUT2D eigenvalue weighted by Crippen LogP contribution is -2.21. The first kappa shape index (κ1) is 23.4. The van der Waals surface area contributed by atoms with Gasteiger partial charge in [0, 0.05) is 34.3 Å². The van der Waals surface area contributed by atoms with Gasteiger partial charge in [-0.1, -0.05) is 5.16 Å². The van der Waals surface area contributed by atoms with E-state index < -0.39 is 51.9 Å². The molecule has 35 heavy (non-hydrogen) atoms. The number of amides is 2. The summed E-state index contributed by atoms with van der Waals surface area (Å²) in [5.41, 5.74) is 6.50. The zero-order valence-electron chi connectivity index (χ0n) is 17.6. The first-order valence-electron chi connectivity index (χ1n) is 9.66. The third-order valence-electron chi connectivity index (χ3n) is 5.13. The van der Waals surface area contributed by atoms with Crippen LogP contribution in [-0.4, -0.2) is 31.7 Å². The number of halogens is 4. The van der Waals surface area contributed by atoms with Crippen molar-refractivity contribution < 1.29 is 31.7 Å². The van der Waals surface area contributed by atoms with Gasteiger partial charge >= 0.3 is 6.18 Å². The van der Waals surface area contributed by atoms with Crippen LogP contribution in [0.2, 0.25) is 0 Å². The Morgan fingerprint density at radius 2 is 1.89 bits per heavy atom. The average Bonchev–Trinajstić information content (AvgIpc) is 3.36. The quantitative estimate of drug-likeness (QED) is 0.408. The molecule has 4 rings (SSSR count). The third-order valence-corrected chi connectivity index (χ3v) is 5.13. The Hall–Kier alpha value is -4.80. The van der Waals surface area contributed by atoms with Crippen molar-refractivity contribution in [1.29, 1.82) is 5.26 Å². The monoisotopic (exact) mass is 487 g/mol. The summed E-state index contributed by atoms with van der Waals surface area (Å²) >= 11 is 0. The molecule has 3 heterocycles. The largest absolute Gasteiger partial charge is 0.435 e. The molecule has 1 aromatic carbocycles. The Bertz CT molecular complexity index is 1560. The number of alkyl halides is 3. The Morgan fingerprint density at radius 1 is 1.17 bits per heavy atom. The van der Waals surface area contributed by atoms with E-state index in [1.165, 1.54) is 13.0 Å². The molecule has 14 heteroatoms. The molecule has 4 N–H and O–H groups in total. The van der Waals surface area contributed by atoms with Crippen molar-refractivity contribution in [2.45, 2.75) is 19.6 Å². The lowest BCUT2D eigenvalue weighted by molar-refractivity contribution is -0.141. The molecular formula is C21H13F4N7O3. The number of primary amides is 2. The smallest absolute Gasteiger partial charge is 0.366 e. The molecule has 10 nitrogen and oxygen atoms in total. The Kier molecular flexibility index (Phi) is 5.48. The van der Waals surface area contributed by atoms with E-state index in [1.807, 2.05) is 0 Å². The van der Waals surface area contributed by atoms with Crippen molar-refractivity contribution in [1.82, 2.24) is 19.9 Å². The minimum absolute atomic E-state index is 0.0183. The minimum Gasteiger partial charge on any atom is -0.366 e. The SMILES string of the molecule is Cc1c(-c2c(C(N)=O)nc3cc(F)ccc3c2C(N)=O)c(C(F)(F)F)nn1Cc1cc(C#N)no1. The fourth-order valence-electron chi connectivity index (χ4n) is 3.70. The molecule has 0 fully saturated rings. The van der Waals surface area contributed by atoms with E-state index in [2.05, 4.69) is 15.2 Å². The van der Waals surface area contributed by atoms with Crippen LogP contribution >= 0.6 is 0 Å². The van der Waals surface area contributed by atoms with Gasteiger partial charge in [-0.2, -0.15) is 23.5 Å². The van der Waals surface area contributed by atoms with Crippen LogP contribution in [-0.2, 0) is 12.7 Å². The van der Waals surface area contributed by atoms with E-state index in [-0.39, 0.29) is 34.6 Å². The molecule has 0 radical (unpaired) electrons. The molecule has 0 saturated heterocycles. The molecule has 0 aliphatic rings. The van der Waals surface area contributed by atoms with Crippen molar-refractivity contribution in [3.8, 4) is 17.2 Å². The van der Waals surface area contributed by atoms with Crippen LogP contribution in [0.5, 0.6) is 0 Å². The van der Waals surface area contributed by atoms with Crippen molar-refractivity contribution in [2.75, 3.05) is 0 Å². The zero-order valence-corrected chi connectivity index (χ0v) is 17.6. The van der Waals surface area contributed by atoms with Crippen LogP contribution in [0.1, 0.15) is 43.7 Å². The summed E-state index contributed by atoms with van der Waals surface area (Å²) in [6, 6.07) is 5.89. The number of pyridine rings is 1. The summed E-state index contributed by atoms with van der Waals surface area (Å²) in [5, 5.41) is 15.9. The van der Waals surface area contributed by atoms with Crippen LogP contribution in [0.4, 0.5) is 17.6 Å². The second-order valence-electron chi connectivity index (χ2n) is 7.36. The summed E-state index contributed by atoms with van der Waals surface area (Å²) in [6.45, 7) is 0.886. The van der Waals surface area contributed by atoms with Crippen LogP contribution in [0.15, 0.2) is 28.8 Å². The van der Waals surface area contributed by atoms with Crippen molar-refractivity contribution in [2.24, 2.45) is 11.5 Å². The molecule has 0 aliphatic heterocycles. The van der Waals surface area contributed by atoms with E-state index >= 15 is 0 Å². The fourth-order valence-corrected chi connectivity index (χ4v) is 3.70. The van der Waals surface area contributed by atoms with Gasteiger partial charge in [0.05, 0.1) is 11.1 Å². The standard InChI is InChI=1S/C21H13F4N7O3/c1-8-14(18(21(23,24)25)30-32(8)7-11-5-10(6-26)31-35-11)16-15(19(27)33)12-3-2-9(22)4-13(12)29-17(16)20(28)34/h2-5H,7H2,1H3,(H2,27,33)(H2,28,34). The summed E-state index contributed by atoms with van der Waals surface area (Å²) in [7, 11) is 0. The molecule has 3 aromatic heterocycles. The molecule has 4 aromatic rings. The highest BCUT2D eigenvalue weighted by Crippen LogP contribution is 2.42. The normalized spacial score (nSPS) is 11.5. The molecule has 178 valence electrons. The van der Waals surface area contributed by atoms with E-state index in [4.69, 9.17) is 21.3 Å². The van der Waals surface area contributed by atoms with Crippen LogP contribution in [0.3, 0.4) is 0 Å². The predicted molar refractivity (Wildman–Crippen MR) is 110 cm³/mol. The van der Waals surface area contributed by atoms with E-state index in [9.17, 15) is 27.2 Å². The number of nitrogens with two attached hydrogens (primary N) is 2. The van der Waals surface area contributed by atoms with Gasteiger partial charge in [0.15, 0.2) is 17.1 Å². The van der Waals surface area contributed by atoms with Gasteiger partial charge in [-0.05, 0) is 19.1 Å². The maximum atomic E-state index is 14.1. The fraction of sp³-hybridized carbons (Fsp3) is 0.143. The second-order valence-corrected chi connectivity index (χ2v) is 7.36. The van der Waals surface area contributed by atoms with E-state index in [0.29, 0.717) is 0 Å². The summed E-state index contributed by atoms with van der Waals surface area (Å²) < 4.78 is 61.9. The van der Waals surface area contributed by atoms with Gasteiger partial charge in [0.2, 0.25) is 5.91 Å². The van der Waals surface area contributed by atoms with E-state index in [1.54, 1.807) is 6.07 Å². The van der Waals surface area contributed by atoms with Crippen LogP contribution < -0.4 is 11.5 Å². The van der Waals surface area contributed by atoms with Gasteiger partial charge in [-0.3, -0.25) is 14.3 Å². The van der Waals surface area contributed by atoms with Crippen LogP contribution in [0.25, 0.3) is 22.0 Å². The molecule has 0 spiro atoms. The highest BCUT2D eigenvalue weighted by atomic mass is 19.4. The number of hydrogen-bond acceptors (Lipinski definition) is 7. The number of hydrogen-bond donors (Lipinski definition) is 2. The highest BCUT2D eigenvalue weighted by molar-refractivity contribution is 6.15. The Balaban J connectivity index is 2.09. The number of carbonyl (C=O) groups excluding carboxylic acids is 2. The molecular weight excluding hydrogens is 474 g/mol.